The Bertz CT molecular complexity index is 1190. The summed E-state index contributed by atoms with van der Waals surface area (Å²) in [5.74, 6) is -0.340. The molecule has 276 valence electrons. The van der Waals surface area contributed by atoms with Crippen molar-refractivity contribution in [1.82, 2.24) is 10.2 Å². The van der Waals surface area contributed by atoms with Crippen molar-refractivity contribution in [2.24, 2.45) is 5.92 Å². The summed E-state index contributed by atoms with van der Waals surface area (Å²) in [7, 11) is 1.38. The maximum atomic E-state index is 12.7. The number of methoxy groups -OCH3 is 1. The molecule has 4 aliphatic rings. The van der Waals surface area contributed by atoms with Crippen molar-refractivity contribution >= 4 is 18.0 Å². The molecule has 4 aliphatic heterocycles. The minimum Gasteiger partial charge on any atom is -0.469 e. The van der Waals surface area contributed by atoms with Gasteiger partial charge < -0.3 is 43.4 Å². The number of rotatable bonds is 14. The second-order valence-electron chi connectivity index (χ2n) is 13.9. The zero-order chi connectivity index (χ0) is 35.6. The van der Waals surface area contributed by atoms with E-state index in [4.69, 9.17) is 33.2 Å². The number of epoxide rings is 1. The molecule has 10 atom stereocenters. The Morgan fingerprint density at radius 2 is 1.82 bits per heavy atom. The summed E-state index contributed by atoms with van der Waals surface area (Å²) >= 11 is 0. The second-order valence-corrected chi connectivity index (χ2v) is 13.9. The maximum Gasteiger partial charge on any atom is 0.410 e. The molecule has 0 radical (unpaired) electrons. The smallest absolute Gasteiger partial charge is 0.410 e. The molecule has 4 saturated heterocycles. The summed E-state index contributed by atoms with van der Waals surface area (Å²) in [4.78, 5) is 38.8. The number of allylic oxidation sites excluding steroid dienone is 2. The fraction of sp³-hybridized carbons (Fsp3) is 0.757. The Morgan fingerprint density at radius 1 is 1.08 bits per heavy atom. The summed E-state index contributed by atoms with van der Waals surface area (Å²) in [6, 6.07) is -0.131. The van der Waals surface area contributed by atoms with E-state index in [0.717, 1.165) is 44.3 Å². The molecule has 1 unspecified atom stereocenters. The van der Waals surface area contributed by atoms with Crippen molar-refractivity contribution < 1.29 is 47.5 Å². The van der Waals surface area contributed by atoms with Crippen molar-refractivity contribution in [3.63, 3.8) is 0 Å². The summed E-state index contributed by atoms with van der Waals surface area (Å²) in [5, 5.41) is 3.07. The Hall–Kier alpha value is -2.77. The number of nitrogens with zero attached hydrogens (tertiary/aromatic N) is 1. The number of esters is 1. The molecule has 4 heterocycles. The number of hydrogen-bond acceptors (Lipinski definition) is 10. The van der Waals surface area contributed by atoms with Crippen LogP contribution in [0.2, 0.25) is 0 Å². The molecule has 1 N–H and O–H groups in total. The van der Waals surface area contributed by atoms with Crippen LogP contribution in [0, 0.1) is 5.92 Å². The predicted molar refractivity (Wildman–Crippen MR) is 183 cm³/mol. The zero-order valence-corrected chi connectivity index (χ0v) is 30.4. The first-order valence-corrected chi connectivity index (χ1v) is 18.0. The topological polar surface area (TPSA) is 134 Å². The van der Waals surface area contributed by atoms with Crippen LogP contribution in [-0.4, -0.2) is 111 Å². The van der Waals surface area contributed by atoms with E-state index < -0.39 is 24.1 Å². The third-order valence-electron chi connectivity index (χ3n) is 9.80. The number of likely N-dealkylation sites (tertiary alicyclic amines) is 1. The molecule has 12 heteroatoms. The van der Waals surface area contributed by atoms with Gasteiger partial charge in [0.1, 0.15) is 23.9 Å². The van der Waals surface area contributed by atoms with E-state index in [-0.39, 0.29) is 60.8 Å². The molecule has 0 saturated carbocycles. The lowest BCUT2D eigenvalue weighted by Gasteiger charge is -2.40. The maximum absolute atomic E-state index is 12.7. The molecule has 1 spiro atoms. The third-order valence-corrected chi connectivity index (χ3v) is 9.80. The van der Waals surface area contributed by atoms with Crippen molar-refractivity contribution in [2.75, 3.05) is 33.4 Å². The van der Waals surface area contributed by atoms with Gasteiger partial charge in [0.05, 0.1) is 44.5 Å². The number of ether oxygens (including phenoxy) is 7. The molecular formula is C37H58N2O10. The van der Waals surface area contributed by atoms with E-state index in [0.29, 0.717) is 26.1 Å². The number of piperidine rings is 1. The number of carbonyl (C=O) groups excluding carboxylic acids is 3. The van der Waals surface area contributed by atoms with Crippen LogP contribution in [0.15, 0.2) is 36.0 Å². The van der Waals surface area contributed by atoms with Gasteiger partial charge in [-0.05, 0) is 78.7 Å². The van der Waals surface area contributed by atoms with E-state index in [1.165, 1.54) is 13.2 Å². The van der Waals surface area contributed by atoms with Gasteiger partial charge in [-0.3, -0.25) is 9.59 Å². The standard InChI is InChI=1S/C37H58N2O10/c1-8-44-28(6)48-35-32(49-29(21-34(41)43-7)22-37(35)23-45-37)16-13-24(2)12-15-31-25(3)20-30(27(5)47-31)38-33(40)17-14-26(4)46-36(42)39-18-10-9-11-19-39/h12-14,16-17,25-32,35H,8-11,15,18-23H2,1-7H3,(H,38,40)/t25-,26-,27+,28?,29+,30+,31-,32+,35+,37+/m0/s1. The summed E-state index contributed by atoms with van der Waals surface area (Å²) in [6.45, 7) is 14.2. The second kappa shape index (κ2) is 18.5. The number of amides is 2. The van der Waals surface area contributed by atoms with Crippen LogP contribution >= 0.6 is 0 Å². The Morgan fingerprint density at radius 3 is 2.49 bits per heavy atom. The Kier molecular flexibility index (Phi) is 14.7. The van der Waals surface area contributed by atoms with Crippen LogP contribution < -0.4 is 5.32 Å². The minimum atomic E-state index is -0.518. The first kappa shape index (κ1) is 39.0. The normalized spacial score (nSPS) is 33.4. The van der Waals surface area contributed by atoms with Crippen molar-refractivity contribution in [3.8, 4) is 0 Å². The van der Waals surface area contributed by atoms with Gasteiger partial charge in [0.15, 0.2) is 6.29 Å². The molecule has 0 aromatic carbocycles. The van der Waals surface area contributed by atoms with Gasteiger partial charge in [-0.2, -0.15) is 0 Å². The van der Waals surface area contributed by atoms with Gasteiger partial charge in [-0.25, -0.2) is 4.79 Å². The molecule has 12 nitrogen and oxygen atoms in total. The lowest BCUT2D eigenvalue weighted by molar-refractivity contribution is -0.227. The highest BCUT2D eigenvalue weighted by molar-refractivity contribution is 5.87. The highest BCUT2D eigenvalue weighted by Gasteiger charge is 2.60. The van der Waals surface area contributed by atoms with E-state index in [1.807, 2.05) is 39.8 Å². The quantitative estimate of drug-likeness (QED) is 0.0873. The van der Waals surface area contributed by atoms with Crippen LogP contribution in [0.5, 0.6) is 0 Å². The Labute approximate surface area is 291 Å². The van der Waals surface area contributed by atoms with E-state index in [1.54, 1.807) is 17.9 Å². The van der Waals surface area contributed by atoms with Gasteiger partial charge in [0.25, 0.3) is 0 Å². The molecule has 4 rings (SSSR count). The number of carbonyl (C=O) groups is 3. The monoisotopic (exact) mass is 690 g/mol. The largest absolute Gasteiger partial charge is 0.469 e. The summed E-state index contributed by atoms with van der Waals surface area (Å²) < 4.78 is 41.0. The van der Waals surface area contributed by atoms with Gasteiger partial charge in [0, 0.05) is 32.2 Å². The van der Waals surface area contributed by atoms with Crippen LogP contribution in [0.1, 0.15) is 86.5 Å². The van der Waals surface area contributed by atoms with Crippen molar-refractivity contribution in [3.05, 3.63) is 36.0 Å². The molecule has 0 bridgehead atoms. The molecule has 0 aromatic heterocycles. The van der Waals surface area contributed by atoms with Gasteiger partial charge in [-0.1, -0.05) is 30.7 Å². The fourth-order valence-corrected chi connectivity index (χ4v) is 6.87. The fourth-order valence-electron chi connectivity index (χ4n) is 6.87. The first-order valence-electron chi connectivity index (χ1n) is 18.0. The minimum absolute atomic E-state index is 0.00195. The summed E-state index contributed by atoms with van der Waals surface area (Å²) in [6.07, 6.45) is 11.9. The number of hydrogen-bond donors (Lipinski definition) is 1. The van der Waals surface area contributed by atoms with Crippen molar-refractivity contribution in [1.29, 1.82) is 0 Å². The highest BCUT2D eigenvalue weighted by Crippen LogP contribution is 2.45. The molecule has 4 fully saturated rings. The molecule has 2 amide bonds. The lowest BCUT2D eigenvalue weighted by atomic mass is 9.87. The SMILES string of the molecule is CCOC(C)O[C@@H]1[C@@H](C=CC(C)=CC[C@@H]2O[C@H](C)[C@H](NC(=O)C=C[C@H](C)OC(=O)N3CCCCC3)C[C@@H]2C)O[C@H](CC(=O)OC)C[C@@]12CO2. The van der Waals surface area contributed by atoms with Gasteiger partial charge >= 0.3 is 12.1 Å². The van der Waals surface area contributed by atoms with Crippen LogP contribution in [-0.2, 0) is 42.7 Å². The number of nitrogens with one attached hydrogen (secondary N) is 1. The van der Waals surface area contributed by atoms with Crippen LogP contribution in [0.3, 0.4) is 0 Å². The lowest BCUT2D eigenvalue weighted by Crippen LogP contribution is -2.53. The molecule has 49 heavy (non-hydrogen) atoms. The average Bonchev–Trinajstić information content (AvgIpc) is 3.84. The molecule has 0 aliphatic carbocycles. The van der Waals surface area contributed by atoms with E-state index in [2.05, 4.69) is 18.3 Å². The highest BCUT2D eigenvalue weighted by atomic mass is 16.7. The van der Waals surface area contributed by atoms with E-state index in [9.17, 15) is 14.4 Å². The molecular weight excluding hydrogens is 632 g/mol. The summed E-state index contributed by atoms with van der Waals surface area (Å²) in [5.41, 5.74) is 0.524. The van der Waals surface area contributed by atoms with Crippen LogP contribution in [0.25, 0.3) is 0 Å². The van der Waals surface area contributed by atoms with Gasteiger partial charge in [-0.15, -0.1) is 0 Å². The average molecular weight is 691 g/mol. The first-order chi connectivity index (χ1) is 23.4. The molecule has 0 aromatic rings. The van der Waals surface area contributed by atoms with Gasteiger partial charge in [0.2, 0.25) is 5.91 Å². The van der Waals surface area contributed by atoms with E-state index >= 15 is 0 Å². The van der Waals surface area contributed by atoms with Crippen LogP contribution in [0.4, 0.5) is 4.79 Å². The Balaban J connectivity index is 1.28. The predicted octanol–water partition coefficient (Wildman–Crippen LogP) is 5.00. The third kappa shape index (κ3) is 11.6. The van der Waals surface area contributed by atoms with Crippen molar-refractivity contribution in [2.45, 2.75) is 141 Å². The zero-order valence-electron chi connectivity index (χ0n) is 30.4.